The lowest BCUT2D eigenvalue weighted by Crippen LogP contribution is -2.15. The van der Waals surface area contributed by atoms with Crippen molar-refractivity contribution in [3.63, 3.8) is 0 Å². The standard InChI is InChI=1S/C13H13FN6/c1-16-12-17-11(18-13(19-12)20(2)3)9-4-8(7-15)5-10(14)6-9/h4-6H,1-3H3,(H,16,17,18,19). The Morgan fingerprint density at radius 2 is 1.95 bits per heavy atom. The number of nitriles is 1. The minimum atomic E-state index is -0.503. The molecule has 0 fully saturated rings. The van der Waals surface area contributed by atoms with Crippen molar-refractivity contribution in [2.75, 3.05) is 31.4 Å². The van der Waals surface area contributed by atoms with Crippen LogP contribution in [0.25, 0.3) is 11.4 Å². The van der Waals surface area contributed by atoms with E-state index in [0.717, 1.165) is 6.07 Å². The van der Waals surface area contributed by atoms with E-state index in [2.05, 4.69) is 20.3 Å². The van der Waals surface area contributed by atoms with Crippen molar-refractivity contribution in [3.05, 3.63) is 29.6 Å². The summed E-state index contributed by atoms with van der Waals surface area (Å²) in [6.45, 7) is 0. The third-order valence-electron chi connectivity index (χ3n) is 2.53. The van der Waals surface area contributed by atoms with Gasteiger partial charge in [-0.3, -0.25) is 0 Å². The molecule has 0 amide bonds. The van der Waals surface area contributed by atoms with Crippen molar-refractivity contribution < 1.29 is 4.39 Å². The van der Waals surface area contributed by atoms with Crippen LogP contribution in [0.1, 0.15) is 5.56 Å². The summed E-state index contributed by atoms with van der Waals surface area (Å²) < 4.78 is 13.5. The quantitative estimate of drug-likeness (QED) is 0.915. The number of nitrogens with one attached hydrogen (secondary N) is 1. The fourth-order valence-corrected chi connectivity index (χ4v) is 1.59. The molecule has 102 valence electrons. The molecular weight excluding hydrogens is 259 g/mol. The maximum atomic E-state index is 13.5. The first kappa shape index (κ1) is 13.7. The Morgan fingerprint density at radius 3 is 2.55 bits per heavy atom. The average molecular weight is 272 g/mol. The molecule has 0 saturated heterocycles. The molecule has 2 aromatic rings. The summed E-state index contributed by atoms with van der Waals surface area (Å²) in [5.74, 6) is 0.629. The van der Waals surface area contributed by atoms with E-state index < -0.39 is 5.82 Å². The van der Waals surface area contributed by atoms with Crippen LogP contribution in [0.5, 0.6) is 0 Å². The Morgan fingerprint density at radius 1 is 1.20 bits per heavy atom. The molecule has 1 N–H and O–H groups in total. The van der Waals surface area contributed by atoms with Gasteiger partial charge in [-0.15, -0.1) is 0 Å². The van der Waals surface area contributed by atoms with Gasteiger partial charge in [0.15, 0.2) is 5.82 Å². The second-order valence-electron chi connectivity index (χ2n) is 4.27. The molecule has 0 aliphatic carbocycles. The smallest absolute Gasteiger partial charge is 0.230 e. The maximum Gasteiger partial charge on any atom is 0.230 e. The van der Waals surface area contributed by atoms with E-state index in [1.54, 1.807) is 26.0 Å². The fourth-order valence-electron chi connectivity index (χ4n) is 1.59. The number of hydrogen-bond acceptors (Lipinski definition) is 6. The van der Waals surface area contributed by atoms with Gasteiger partial charge in [-0.25, -0.2) is 4.39 Å². The summed E-state index contributed by atoms with van der Waals surface area (Å²) in [6, 6.07) is 5.90. The Bertz CT molecular complexity index is 677. The average Bonchev–Trinajstić information content (AvgIpc) is 2.45. The van der Waals surface area contributed by atoms with Crippen LogP contribution in [0.15, 0.2) is 18.2 Å². The molecule has 6 nitrogen and oxygen atoms in total. The molecule has 7 heteroatoms. The molecule has 0 bridgehead atoms. The number of anilines is 2. The number of halogens is 1. The van der Waals surface area contributed by atoms with Gasteiger partial charge < -0.3 is 10.2 Å². The van der Waals surface area contributed by atoms with E-state index in [1.165, 1.54) is 12.1 Å². The van der Waals surface area contributed by atoms with E-state index >= 15 is 0 Å². The van der Waals surface area contributed by atoms with Crippen molar-refractivity contribution >= 4 is 11.9 Å². The van der Waals surface area contributed by atoms with Gasteiger partial charge >= 0.3 is 0 Å². The highest BCUT2D eigenvalue weighted by molar-refractivity contribution is 5.60. The van der Waals surface area contributed by atoms with Gasteiger partial charge in [0.2, 0.25) is 11.9 Å². The molecular formula is C13H13FN6. The Balaban J connectivity index is 2.60. The Hall–Kier alpha value is -2.75. The van der Waals surface area contributed by atoms with Crippen LogP contribution < -0.4 is 10.2 Å². The first-order valence-electron chi connectivity index (χ1n) is 5.85. The third-order valence-corrected chi connectivity index (χ3v) is 2.53. The molecule has 0 aliphatic rings. The van der Waals surface area contributed by atoms with Gasteiger partial charge in [0, 0.05) is 26.7 Å². The number of hydrogen-bond donors (Lipinski definition) is 1. The van der Waals surface area contributed by atoms with E-state index in [9.17, 15) is 4.39 Å². The SMILES string of the molecule is CNc1nc(-c2cc(F)cc(C#N)c2)nc(N(C)C)n1. The van der Waals surface area contributed by atoms with Crippen LogP contribution in [-0.2, 0) is 0 Å². The van der Waals surface area contributed by atoms with Crippen LogP contribution in [-0.4, -0.2) is 36.1 Å². The summed E-state index contributed by atoms with van der Waals surface area (Å²) in [7, 11) is 5.28. The monoisotopic (exact) mass is 272 g/mol. The molecule has 1 aromatic heterocycles. The van der Waals surface area contributed by atoms with Crippen molar-refractivity contribution in [1.82, 2.24) is 15.0 Å². The van der Waals surface area contributed by atoms with Crippen LogP contribution >= 0.6 is 0 Å². The van der Waals surface area contributed by atoms with Crippen molar-refractivity contribution in [2.24, 2.45) is 0 Å². The predicted octanol–water partition coefficient (Wildman–Crippen LogP) is 1.66. The number of benzene rings is 1. The molecule has 0 aliphatic heterocycles. The molecule has 0 spiro atoms. The van der Waals surface area contributed by atoms with Gasteiger partial charge in [0.25, 0.3) is 0 Å². The summed E-state index contributed by atoms with van der Waals surface area (Å²) >= 11 is 0. The zero-order chi connectivity index (χ0) is 14.7. The van der Waals surface area contributed by atoms with Gasteiger partial charge in [-0.05, 0) is 18.2 Å². The third kappa shape index (κ3) is 2.80. The Labute approximate surface area is 115 Å². The molecule has 1 aromatic carbocycles. The van der Waals surface area contributed by atoms with Gasteiger partial charge in [0.05, 0.1) is 11.6 Å². The number of rotatable bonds is 3. The molecule has 2 rings (SSSR count). The van der Waals surface area contributed by atoms with E-state index in [4.69, 9.17) is 5.26 Å². The highest BCUT2D eigenvalue weighted by Gasteiger charge is 2.11. The summed E-state index contributed by atoms with van der Waals surface area (Å²) in [5, 5.41) is 11.7. The van der Waals surface area contributed by atoms with Crippen LogP contribution in [0, 0.1) is 17.1 Å². The topological polar surface area (TPSA) is 77.7 Å². The molecule has 20 heavy (non-hydrogen) atoms. The first-order valence-corrected chi connectivity index (χ1v) is 5.85. The van der Waals surface area contributed by atoms with E-state index in [0.29, 0.717) is 23.3 Å². The van der Waals surface area contributed by atoms with Crippen molar-refractivity contribution in [1.29, 1.82) is 5.26 Å². The highest BCUT2D eigenvalue weighted by atomic mass is 19.1. The molecule has 0 saturated carbocycles. The van der Waals surface area contributed by atoms with E-state index in [-0.39, 0.29) is 5.56 Å². The minimum absolute atomic E-state index is 0.220. The molecule has 0 radical (unpaired) electrons. The largest absolute Gasteiger partial charge is 0.357 e. The summed E-state index contributed by atoms with van der Waals surface area (Å²) in [6.07, 6.45) is 0. The minimum Gasteiger partial charge on any atom is -0.357 e. The molecule has 1 heterocycles. The zero-order valence-corrected chi connectivity index (χ0v) is 11.3. The van der Waals surface area contributed by atoms with Crippen molar-refractivity contribution in [3.8, 4) is 17.5 Å². The van der Waals surface area contributed by atoms with Gasteiger partial charge in [0.1, 0.15) is 5.82 Å². The first-order chi connectivity index (χ1) is 9.53. The van der Waals surface area contributed by atoms with Crippen LogP contribution in [0.2, 0.25) is 0 Å². The number of aromatic nitrogens is 3. The lowest BCUT2D eigenvalue weighted by molar-refractivity contribution is 0.627. The number of nitrogens with zero attached hydrogens (tertiary/aromatic N) is 5. The normalized spacial score (nSPS) is 9.95. The molecule has 0 atom stereocenters. The second-order valence-corrected chi connectivity index (χ2v) is 4.27. The lowest BCUT2D eigenvalue weighted by atomic mass is 10.1. The maximum absolute atomic E-state index is 13.5. The van der Waals surface area contributed by atoms with Crippen LogP contribution in [0.4, 0.5) is 16.3 Å². The van der Waals surface area contributed by atoms with Crippen LogP contribution in [0.3, 0.4) is 0 Å². The summed E-state index contributed by atoms with van der Waals surface area (Å²) in [4.78, 5) is 14.3. The Kier molecular flexibility index (Phi) is 3.75. The predicted molar refractivity (Wildman–Crippen MR) is 73.8 cm³/mol. The zero-order valence-electron chi connectivity index (χ0n) is 11.3. The van der Waals surface area contributed by atoms with Gasteiger partial charge in [-0.1, -0.05) is 0 Å². The lowest BCUT2D eigenvalue weighted by Gasteiger charge is -2.12. The van der Waals surface area contributed by atoms with E-state index in [1.807, 2.05) is 6.07 Å². The second kappa shape index (κ2) is 5.48. The highest BCUT2D eigenvalue weighted by Crippen LogP contribution is 2.21. The van der Waals surface area contributed by atoms with Crippen molar-refractivity contribution in [2.45, 2.75) is 0 Å². The van der Waals surface area contributed by atoms with Gasteiger partial charge in [-0.2, -0.15) is 20.2 Å². The summed E-state index contributed by atoms with van der Waals surface area (Å²) in [5.41, 5.74) is 0.654. The fraction of sp³-hybridized carbons (Fsp3) is 0.231. The molecule has 0 unspecified atom stereocenters.